The fraction of sp³-hybridized carbons (Fsp3) is 1.00. The Balaban J connectivity index is 3.84. The molecule has 3 nitrogen and oxygen atoms in total. The molecule has 2 N–H and O–H groups in total. The highest BCUT2D eigenvalue weighted by Gasteiger charge is 2.31. The molecule has 0 saturated carbocycles. The molecule has 0 saturated heterocycles. The zero-order valence-electron chi connectivity index (χ0n) is 6.79. The van der Waals surface area contributed by atoms with E-state index in [1.165, 1.54) is 0 Å². The molecule has 0 rings (SSSR count). The molecular formula is C6H16O3SSi. The minimum absolute atomic E-state index is 0.00617. The number of hydrogen-bond donors (Lipinski definition) is 3. The quantitative estimate of drug-likeness (QED) is 0.413. The van der Waals surface area contributed by atoms with Gasteiger partial charge in [-0.2, -0.15) is 12.6 Å². The maximum atomic E-state index is 8.95. The maximum Gasteiger partial charge on any atom is 0.242 e. The summed E-state index contributed by atoms with van der Waals surface area (Å²) in [5, 5.41) is 17.9. The summed E-state index contributed by atoms with van der Waals surface area (Å²) in [6.07, 6.45) is 0.881. The Morgan fingerprint density at radius 3 is 2.18 bits per heavy atom. The number of rotatable bonds is 6. The topological polar surface area (TPSA) is 49.7 Å². The Morgan fingerprint density at radius 2 is 1.91 bits per heavy atom. The van der Waals surface area contributed by atoms with E-state index in [-0.39, 0.29) is 12.5 Å². The van der Waals surface area contributed by atoms with E-state index in [0.717, 1.165) is 18.2 Å². The summed E-state index contributed by atoms with van der Waals surface area (Å²) in [5.41, 5.74) is 0. The van der Waals surface area contributed by atoms with Crippen LogP contribution >= 0.6 is 12.6 Å². The van der Waals surface area contributed by atoms with Crippen molar-refractivity contribution in [2.75, 3.05) is 25.3 Å². The molecule has 0 radical (unpaired) electrons. The van der Waals surface area contributed by atoms with Gasteiger partial charge in [0.2, 0.25) is 8.32 Å². The molecular weight excluding hydrogens is 180 g/mol. The zero-order chi connectivity index (χ0) is 8.74. The number of hydrogen-bond acceptors (Lipinski definition) is 4. The molecule has 0 aliphatic carbocycles. The normalized spacial score (nSPS) is 12.0. The van der Waals surface area contributed by atoms with E-state index in [2.05, 4.69) is 12.6 Å². The van der Waals surface area contributed by atoms with Crippen LogP contribution in [-0.2, 0) is 4.43 Å². The van der Waals surface area contributed by atoms with E-state index in [4.69, 9.17) is 14.6 Å². The molecule has 0 aliphatic heterocycles. The Kier molecular flexibility index (Phi) is 6.26. The van der Waals surface area contributed by atoms with Crippen molar-refractivity contribution >= 4 is 20.9 Å². The fourth-order valence-electron chi connectivity index (χ4n) is 0.841. The highest BCUT2D eigenvalue weighted by atomic mass is 32.1. The van der Waals surface area contributed by atoms with Crippen LogP contribution in [0.5, 0.6) is 0 Å². The van der Waals surface area contributed by atoms with Crippen molar-refractivity contribution in [1.29, 1.82) is 0 Å². The van der Waals surface area contributed by atoms with E-state index in [0.29, 0.717) is 0 Å². The lowest BCUT2D eigenvalue weighted by atomic mass is 10.6. The van der Waals surface area contributed by atoms with Crippen LogP contribution in [-0.4, -0.2) is 43.9 Å². The van der Waals surface area contributed by atoms with Gasteiger partial charge in [-0.25, -0.2) is 0 Å². The van der Waals surface area contributed by atoms with E-state index >= 15 is 0 Å². The van der Waals surface area contributed by atoms with Gasteiger partial charge in [-0.15, -0.1) is 0 Å². The van der Waals surface area contributed by atoms with Crippen LogP contribution in [0, 0.1) is 0 Å². The number of aliphatic hydroxyl groups excluding tert-OH is 2. The van der Waals surface area contributed by atoms with E-state index in [1.807, 2.05) is 0 Å². The summed E-state index contributed by atoms with van der Waals surface area (Å²) in [6, 6.07) is 0.778. The van der Waals surface area contributed by atoms with Crippen molar-refractivity contribution in [3.63, 3.8) is 0 Å². The Bertz CT molecular complexity index is 89.6. The maximum absolute atomic E-state index is 8.95. The van der Waals surface area contributed by atoms with Crippen LogP contribution < -0.4 is 0 Å². The first-order chi connectivity index (χ1) is 5.24. The standard InChI is InChI=1S/C6H16O3SSi/c1-9-11(5-7,6-8)4-2-3-10/h7-8,10H,2-6H2,1H3. The van der Waals surface area contributed by atoms with Crippen LogP contribution in [0.3, 0.4) is 0 Å². The molecule has 0 spiro atoms. The number of thiol groups is 1. The molecule has 0 aromatic heterocycles. The Labute approximate surface area is 73.9 Å². The average Bonchev–Trinajstić information content (AvgIpc) is 2.08. The zero-order valence-corrected chi connectivity index (χ0v) is 8.68. The third kappa shape index (κ3) is 3.57. The minimum Gasteiger partial charge on any atom is -0.415 e. The van der Waals surface area contributed by atoms with Gasteiger partial charge in [0.1, 0.15) is 0 Å². The third-order valence-electron chi connectivity index (χ3n) is 1.80. The summed E-state index contributed by atoms with van der Waals surface area (Å²) >= 11 is 4.05. The van der Waals surface area contributed by atoms with Crippen LogP contribution in [0.4, 0.5) is 0 Å². The third-order valence-corrected chi connectivity index (χ3v) is 5.40. The van der Waals surface area contributed by atoms with Crippen LogP contribution in [0.1, 0.15) is 6.42 Å². The summed E-state index contributed by atoms with van der Waals surface area (Å²) < 4.78 is 5.14. The first kappa shape index (κ1) is 11.4. The van der Waals surface area contributed by atoms with Crippen LogP contribution in [0.25, 0.3) is 0 Å². The predicted octanol–water partition coefficient (Wildman–Crippen LogP) is -0.0388. The molecule has 0 bridgehead atoms. The Morgan fingerprint density at radius 1 is 1.36 bits per heavy atom. The smallest absolute Gasteiger partial charge is 0.242 e. The molecule has 0 aromatic rings. The second kappa shape index (κ2) is 6.02. The van der Waals surface area contributed by atoms with Crippen molar-refractivity contribution in [1.82, 2.24) is 0 Å². The number of aliphatic hydroxyl groups is 2. The van der Waals surface area contributed by atoms with Gasteiger partial charge >= 0.3 is 0 Å². The second-order valence-corrected chi connectivity index (χ2v) is 6.88. The first-order valence-electron chi connectivity index (χ1n) is 3.62. The highest BCUT2D eigenvalue weighted by molar-refractivity contribution is 7.80. The van der Waals surface area contributed by atoms with Crippen molar-refractivity contribution in [3.05, 3.63) is 0 Å². The lowest BCUT2D eigenvalue weighted by Gasteiger charge is -2.24. The van der Waals surface area contributed by atoms with Gasteiger partial charge in [-0.3, -0.25) is 0 Å². The van der Waals surface area contributed by atoms with Crippen molar-refractivity contribution in [3.8, 4) is 0 Å². The molecule has 0 aromatic carbocycles. The predicted molar refractivity (Wildman–Crippen MR) is 50.2 cm³/mol. The molecule has 0 amide bonds. The van der Waals surface area contributed by atoms with Gasteiger partial charge in [0.05, 0.1) is 12.5 Å². The summed E-state index contributed by atoms with van der Waals surface area (Å²) in [5.74, 6) is 0.776. The van der Waals surface area contributed by atoms with Crippen molar-refractivity contribution < 1.29 is 14.6 Å². The first-order valence-corrected chi connectivity index (χ1v) is 6.78. The molecule has 0 fully saturated rings. The lowest BCUT2D eigenvalue weighted by molar-refractivity contribution is 0.253. The second-order valence-electron chi connectivity index (χ2n) is 2.53. The minimum atomic E-state index is -2.18. The van der Waals surface area contributed by atoms with Gasteiger partial charge in [0.25, 0.3) is 0 Å². The van der Waals surface area contributed by atoms with Gasteiger partial charge in [0, 0.05) is 7.11 Å². The van der Waals surface area contributed by atoms with Crippen LogP contribution in [0.2, 0.25) is 6.04 Å². The lowest BCUT2D eigenvalue weighted by Crippen LogP contribution is -2.46. The van der Waals surface area contributed by atoms with Crippen molar-refractivity contribution in [2.45, 2.75) is 12.5 Å². The summed E-state index contributed by atoms with van der Waals surface area (Å²) in [7, 11) is -0.623. The monoisotopic (exact) mass is 196 g/mol. The molecule has 11 heavy (non-hydrogen) atoms. The van der Waals surface area contributed by atoms with Crippen LogP contribution in [0.15, 0.2) is 0 Å². The summed E-state index contributed by atoms with van der Waals surface area (Å²) in [4.78, 5) is 0. The molecule has 5 heteroatoms. The molecule has 0 atom stereocenters. The molecule has 0 aliphatic rings. The van der Waals surface area contributed by atoms with Gasteiger partial charge in [-0.05, 0) is 18.2 Å². The SMILES string of the molecule is CO[Si](CO)(CO)CCCS. The van der Waals surface area contributed by atoms with E-state index in [9.17, 15) is 0 Å². The van der Waals surface area contributed by atoms with Crippen molar-refractivity contribution in [2.24, 2.45) is 0 Å². The Hall–Kier alpha value is 0.447. The summed E-state index contributed by atoms with van der Waals surface area (Å²) in [6.45, 7) is 0. The molecule has 0 unspecified atom stereocenters. The average molecular weight is 196 g/mol. The van der Waals surface area contributed by atoms with E-state index < -0.39 is 8.32 Å². The molecule has 0 heterocycles. The van der Waals surface area contributed by atoms with Gasteiger partial charge in [-0.1, -0.05) is 0 Å². The largest absolute Gasteiger partial charge is 0.415 e. The fourth-order valence-corrected chi connectivity index (χ4v) is 3.00. The highest BCUT2D eigenvalue weighted by Crippen LogP contribution is 2.12. The van der Waals surface area contributed by atoms with E-state index in [1.54, 1.807) is 7.11 Å². The van der Waals surface area contributed by atoms with Gasteiger partial charge < -0.3 is 14.6 Å². The van der Waals surface area contributed by atoms with Gasteiger partial charge in [0.15, 0.2) is 0 Å². The molecule has 68 valence electrons.